The summed E-state index contributed by atoms with van der Waals surface area (Å²) in [5.41, 5.74) is 6.51. The van der Waals surface area contributed by atoms with Gasteiger partial charge in [0.1, 0.15) is 4.99 Å². The highest BCUT2D eigenvalue weighted by Crippen LogP contribution is 2.19. The summed E-state index contributed by atoms with van der Waals surface area (Å²) in [7, 11) is 0. The number of para-hydroxylation sites is 1. The van der Waals surface area contributed by atoms with Gasteiger partial charge in [-0.2, -0.15) is 13.2 Å². The van der Waals surface area contributed by atoms with Gasteiger partial charge in [-0.05, 0) is 12.1 Å². The van der Waals surface area contributed by atoms with Crippen molar-refractivity contribution in [1.29, 1.82) is 0 Å². The van der Waals surface area contributed by atoms with Gasteiger partial charge in [0.15, 0.2) is 0 Å². The Labute approximate surface area is 125 Å². The molecule has 0 aliphatic carbocycles. The summed E-state index contributed by atoms with van der Waals surface area (Å²) in [5, 5.41) is 2.59. The van der Waals surface area contributed by atoms with Crippen LogP contribution in [0.3, 0.4) is 0 Å². The number of hydrogen-bond donors (Lipinski definition) is 2. The summed E-state index contributed by atoms with van der Waals surface area (Å²) < 4.78 is 40.4. The topological polar surface area (TPSA) is 64.3 Å². The monoisotopic (exact) mass is 320 g/mol. The molecule has 1 aromatic carbocycles. The summed E-state index contributed by atoms with van der Waals surface area (Å²) in [6.07, 6.45) is -5.33. The van der Waals surface area contributed by atoms with Crippen molar-refractivity contribution in [3.63, 3.8) is 0 Å². The lowest BCUT2D eigenvalue weighted by Crippen LogP contribution is -2.19. The number of nitrogens with one attached hydrogen (secondary N) is 1. The van der Waals surface area contributed by atoms with Crippen molar-refractivity contribution >= 4 is 28.8 Å². The fourth-order valence-electron chi connectivity index (χ4n) is 1.47. The molecular formula is C13H15F3N2O2S. The van der Waals surface area contributed by atoms with Gasteiger partial charge in [-0.25, -0.2) is 0 Å². The van der Waals surface area contributed by atoms with E-state index >= 15 is 0 Å². The number of benzene rings is 1. The normalized spacial score (nSPS) is 11.2. The molecule has 1 rings (SSSR count). The first-order valence-corrected chi connectivity index (χ1v) is 6.53. The van der Waals surface area contributed by atoms with E-state index in [0.29, 0.717) is 11.3 Å². The summed E-state index contributed by atoms with van der Waals surface area (Å²) in [5.74, 6) is -0.384. The van der Waals surface area contributed by atoms with Gasteiger partial charge in [-0.1, -0.05) is 24.4 Å². The standard InChI is InChI=1S/C13H15F3N2O2S/c14-13(15,16)6-8-20-7-5-11(19)18-10-4-2-1-3-9(10)12(17)21/h1-4H,5-8H2,(H2,17,21)(H,18,19). The van der Waals surface area contributed by atoms with Crippen LogP contribution in [0.4, 0.5) is 18.9 Å². The van der Waals surface area contributed by atoms with E-state index < -0.39 is 19.2 Å². The van der Waals surface area contributed by atoms with E-state index in [4.69, 9.17) is 22.7 Å². The van der Waals surface area contributed by atoms with Crippen LogP contribution in [0, 0.1) is 0 Å². The summed E-state index contributed by atoms with van der Waals surface area (Å²) in [6, 6.07) is 6.73. The average molecular weight is 320 g/mol. The molecule has 4 nitrogen and oxygen atoms in total. The summed E-state index contributed by atoms with van der Waals surface area (Å²) in [6.45, 7) is -0.544. The maximum absolute atomic E-state index is 11.9. The zero-order valence-corrected chi connectivity index (χ0v) is 11.9. The highest BCUT2D eigenvalue weighted by Gasteiger charge is 2.26. The fraction of sp³-hybridized carbons (Fsp3) is 0.385. The van der Waals surface area contributed by atoms with Crippen molar-refractivity contribution in [2.24, 2.45) is 5.73 Å². The van der Waals surface area contributed by atoms with Gasteiger partial charge in [0.05, 0.1) is 31.7 Å². The van der Waals surface area contributed by atoms with Crippen molar-refractivity contribution in [2.75, 3.05) is 18.5 Å². The molecule has 0 fully saturated rings. The summed E-state index contributed by atoms with van der Waals surface area (Å²) >= 11 is 4.85. The molecule has 0 saturated carbocycles. The number of nitrogens with two attached hydrogens (primary N) is 1. The van der Waals surface area contributed by atoms with Crippen molar-refractivity contribution in [3.05, 3.63) is 29.8 Å². The molecule has 1 aromatic rings. The number of anilines is 1. The minimum atomic E-state index is -4.25. The molecular weight excluding hydrogens is 305 g/mol. The number of carbonyl (C=O) groups excluding carboxylic acids is 1. The number of hydrogen-bond acceptors (Lipinski definition) is 3. The maximum atomic E-state index is 11.9. The van der Waals surface area contributed by atoms with E-state index in [9.17, 15) is 18.0 Å². The molecule has 3 N–H and O–H groups in total. The second-order valence-electron chi connectivity index (χ2n) is 4.19. The van der Waals surface area contributed by atoms with Crippen LogP contribution in [0.2, 0.25) is 0 Å². The van der Waals surface area contributed by atoms with Gasteiger partial charge in [-0.3, -0.25) is 4.79 Å². The number of thiocarbonyl (C=S) groups is 1. The maximum Gasteiger partial charge on any atom is 0.391 e. The largest absolute Gasteiger partial charge is 0.391 e. The Morgan fingerprint density at radius 1 is 1.29 bits per heavy atom. The molecule has 0 saturated heterocycles. The molecule has 0 radical (unpaired) electrons. The predicted molar refractivity (Wildman–Crippen MR) is 77.1 cm³/mol. The first kappa shape index (κ1) is 17.4. The molecule has 0 aliphatic heterocycles. The first-order valence-electron chi connectivity index (χ1n) is 6.13. The van der Waals surface area contributed by atoms with Gasteiger partial charge >= 0.3 is 6.18 Å². The molecule has 0 heterocycles. The number of halogens is 3. The van der Waals surface area contributed by atoms with E-state index in [2.05, 4.69) is 5.32 Å². The van der Waals surface area contributed by atoms with Crippen LogP contribution in [0.15, 0.2) is 24.3 Å². The molecule has 8 heteroatoms. The van der Waals surface area contributed by atoms with Gasteiger partial charge < -0.3 is 15.8 Å². The minimum Gasteiger partial charge on any atom is -0.389 e. The van der Waals surface area contributed by atoms with Crippen molar-refractivity contribution in [2.45, 2.75) is 19.0 Å². The van der Waals surface area contributed by atoms with Gasteiger partial charge in [0.25, 0.3) is 0 Å². The minimum absolute atomic E-state index is 0.0521. The lowest BCUT2D eigenvalue weighted by molar-refractivity contribution is -0.145. The predicted octanol–water partition coefficient (Wildman–Crippen LogP) is 2.62. The molecule has 0 aromatic heterocycles. The Bertz CT molecular complexity index is 506. The Balaban J connectivity index is 2.36. The van der Waals surface area contributed by atoms with E-state index in [1.54, 1.807) is 24.3 Å². The van der Waals surface area contributed by atoms with E-state index in [1.807, 2.05) is 0 Å². The Hall–Kier alpha value is -1.67. The van der Waals surface area contributed by atoms with Crippen LogP contribution < -0.4 is 11.1 Å². The Kier molecular flexibility index (Phi) is 6.57. The third-order valence-corrected chi connectivity index (χ3v) is 2.69. The van der Waals surface area contributed by atoms with Gasteiger partial charge in [0, 0.05) is 5.56 Å². The molecule has 0 spiro atoms. The smallest absolute Gasteiger partial charge is 0.389 e. The third-order valence-electron chi connectivity index (χ3n) is 2.47. The number of carbonyl (C=O) groups is 1. The highest BCUT2D eigenvalue weighted by molar-refractivity contribution is 7.80. The van der Waals surface area contributed by atoms with E-state index in [1.165, 1.54) is 0 Å². The number of amides is 1. The zero-order valence-electron chi connectivity index (χ0n) is 11.1. The van der Waals surface area contributed by atoms with Crippen molar-refractivity contribution in [3.8, 4) is 0 Å². The molecule has 0 unspecified atom stereocenters. The SMILES string of the molecule is NC(=S)c1ccccc1NC(=O)CCOCCC(F)(F)F. The number of alkyl halides is 3. The van der Waals surface area contributed by atoms with Crippen LogP contribution in [0.1, 0.15) is 18.4 Å². The quantitative estimate of drug-likeness (QED) is 0.599. The fourth-order valence-corrected chi connectivity index (χ4v) is 1.65. The highest BCUT2D eigenvalue weighted by atomic mass is 32.1. The molecule has 1 amide bonds. The van der Waals surface area contributed by atoms with Crippen LogP contribution in [0.25, 0.3) is 0 Å². The Morgan fingerprint density at radius 3 is 2.57 bits per heavy atom. The molecule has 0 bridgehead atoms. The van der Waals surface area contributed by atoms with Crippen LogP contribution in [-0.4, -0.2) is 30.3 Å². The number of rotatable bonds is 7. The molecule has 21 heavy (non-hydrogen) atoms. The van der Waals surface area contributed by atoms with Gasteiger partial charge in [-0.15, -0.1) is 0 Å². The van der Waals surface area contributed by atoms with E-state index in [0.717, 1.165) is 0 Å². The Morgan fingerprint density at radius 2 is 1.95 bits per heavy atom. The van der Waals surface area contributed by atoms with Crippen molar-refractivity contribution < 1.29 is 22.7 Å². The first-order chi connectivity index (χ1) is 9.79. The van der Waals surface area contributed by atoms with Crippen LogP contribution >= 0.6 is 12.2 Å². The van der Waals surface area contributed by atoms with Crippen molar-refractivity contribution in [1.82, 2.24) is 0 Å². The lowest BCUT2D eigenvalue weighted by atomic mass is 10.1. The second kappa shape index (κ2) is 7.94. The zero-order chi connectivity index (χ0) is 15.9. The second-order valence-corrected chi connectivity index (χ2v) is 4.63. The van der Waals surface area contributed by atoms with Crippen LogP contribution in [0.5, 0.6) is 0 Å². The van der Waals surface area contributed by atoms with E-state index in [-0.39, 0.29) is 23.9 Å². The average Bonchev–Trinajstić information content (AvgIpc) is 2.37. The molecule has 0 atom stereocenters. The number of ether oxygens (including phenoxy) is 1. The molecule has 116 valence electrons. The van der Waals surface area contributed by atoms with Crippen LogP contribution in [-0.2, 0) is 9.53 Å². The van der Waals surface area contributed by atoms with Gasteiger partial charge in [0.2, 0.25) is 5.91 Å². The lowest BCUT2D eigenvalue weighted by Gasteiger charge is -2.10. The summed E-state index contributed by atoms with van der Waals surface area (Å²) in [4.78, 5) is 11.8. The third kappa shape index (κ3) is 7.05. The molecule has 0 aliphatic rings.